The van der Waals surface area contributed by atoms with Crippen LogP contribution in [0, 0.1) is 12.3 Å². The summed E-state index contributed by atoms with van der Waals surface area (Å²) in [7, 11) is 1.84. The van der Waals surface area contributed by atoms with Gasteiger partial charge >= 0.3 is 0 Å². The molecule has 0 fully saturated rings. The Morgan fingerprint density at radius 2 is 1.50 bits per heavy atom. The summed E-state index contributed by atoms with van der Waals surface area (Å²) in [6, 6.07) is 14.4. The van der Waals surface area contributed by atoms with Gasteiger partial charge in [0.25, 0.3) is 0 Å². The number of carbonyl (C=O) groups is 1. The van der Waals surface area contributed by atoms with Gasteiger partial charge in [-0.05, 0) is 48.5 Å². The van der Waals surface area contributed by atoms with Crippen LogP contribution >= 0.6 is 0 Å². The van der Waals surface area contributed by atoms with E-state index in [0.29, 0.717) is 11.1 Å². The van der Waals surface area contributed by atoms with E-state index in [1.807, 2.05) is 31.3 Å². The zero-order valence-corrected chi connectivity index (χ0v) is 10.1. The molecule has 0 aliphatic carbocycles. The summed E-state index contributed by atoms with van der Waals surface area (Å²) in [5.41, 5.74) is 3.07. The van der Waals surface area contributed by atoms with Crippen molar-refractivity contribution in [3.63, 3.8) is 0 Å². The molecule has 0 saturated heterocycles. The zero-order valence-electron chi connectivity index (χ0n) is 10.1. The van der Waals surface area contributed by atoms with Crippen molar-refractivity contribution < 1.29 is 4.79 Å². The molecule has 0 aromatic heterocycles. The molecule has 18 heavy (non-hydrogen) atoms. The second-order valence-corrected chi connectivity index (χ2v) is 3.88. The molecule has 0 amide bonds. The lowest BCUT2D eigenvalue weighted by Gasteiger charge is -2.03. The van der Waals surface area contributed by atoms with Gasteiger partial charge in [0.1, 0.15) is 0 Å². The van der Waals surface area contributed by atoms with Crippen molar-refractivity contribution in [3.8, 4) is 12.3 Å². The Balaban J connectivity index is 2.26. The summed E-state index contributed by atoms with van der Waals surface area (Å²) in [6.07, 6.45) is 5.28. The van der Waals surface area contributed by atoms with E-state index in [-0.39, 0.29) is 5.78 Å². The highest BCUT2D eigenvalue weighted by Gasteiger charge is 2.08. The number of terminal acetylenes is 1. The fraction of sp³-hybridized carbons (Fsp3) is 0.0625. The third-order valence-electron chi connectivity index (χ3n) is 2.75. The maximum Gasteiger partial charge on any atom is 0.193 e. The lowest BCUT2D eigenvalue weighted by atomic mass is 10.0. The largest absolute Gasteiger partial charge is 0.388 e. The van der Waals surface area contributed by atoms with Crippen LogP contribution in [0.3, 0.4) is 0 Å². The first-order valence-corrected chi connectivity index (χ1v) is 5.64. The zero-order chi connectivity index (χ0) is 13.0. The third-order valence-corrected chi connectivity index (χ3v) is 2.75. The van der Waals surface area contributed by atoms with Gasteiger partial charge in [-0.15, -0.1) is 6.42 Å². The number of ketones is 1. The number of carbonyl (C=O) groups excluding carboxylic acids is 1. The lowest BCUT2D eigenvalue weighted by Crippen LogP contribution is -2.01. The Morgan fingerprint density at radius 3 is 1.94 bits per heavy atom. The van der Waals surface area contributed by atoms with Gasteiger partial charge in [-0.3, -0.25) is 4.79 Å². The van der Waals surface area contributed by atoms with Crippen molar-refractivity contribution in [2.45, 2.75) is 0 Å². The van der Waals surface area contributed by atoms with Gasteiger partial charge in [-0.1, -0.05) is 5.92 Å². The van der Waals surface area contributed by atoms with E-state index in [9.17, 15) is 4.79 Å². The van der Waals surface area contributed by atoms with Crippen LogP contribution in [0.2, 0.25) is 0 Å². The van der Waals surface area contributed by atoms with Gasteiger partial charge in [0.2, 0.25) is 0 Å². The van der Waals surface area contributed by atoms with Crippen LogP contribution in [0.5, 0.6) is 0 Å². The Bertz CT molecular complexity index is 588. The van der Waals surface area contributed by atoms with Crippen molar-refractivity contribution in [3.05, 3.63) is 65.2 Å². The van der Waals surface area contributed by atoms with Crippen LogP contribution in [-0.2, 0) is 0 Å². The van der Waals surface area contributed by atoms with E-state index in [1.54, 1.807) is 24.3 Å². The predicted molar refractivity (Wildman–Crippen MR) is 73.8 cm³/mol. The summed E-state index contributed by atoms with van der Waals surface area (Å²) in [4.78, 5) is 12.2. The number of anilines is 1. The second-order valence-electron chi connectivity index (χ2n) is 3.88. The van der Waals surface area contributed by atoms with Gasteiger partial charge in [0.05, 0.1) is 0 Å². The fourth-order valence-corrected chi connectivity index (χ4v) is 1.67. The third kappa shape index (κ3) is 2.41. The van der Waals surface area contributed by atoms with Crippen LogP contribution in [0.25, 0.3) is 0 Å². The minimum Gasteiger partial charge on any atom is -0.388 e. The van der Waals surface area contributed by atoms with Gasteiger partial charge < -0.3 is 5.32 Å². The Kier molecular flexibility index (Phi) is 3.45. The van der Waals surface area contributed by atoms with Crippen LogP contribution in [-0.4, -0.2) is 12.8 Å². The number of nitrogens with one attached hydrogen (secondary N) is 1. The summed E-state index contributed by atoms with van der Waals surface area (Å²) in [5, 5.41) is 3.01. The van der Waals surface area contributed by atoms with Gasteiger partial charge in [-0.25, -0.2) is 0 Å². The maximum absolute atomic E-state index is 12.2. The van der Waals surface area contributed by atoms with Crippen molar-refractivity contribution in [1.29, 1.82) is 0 Å². The first-order chi connectivity index (χ1) is 8.74. The van der Waals surface area contributed by atoms with E-state index < -0.39 is 0 Å². The molecule has 2 aromatic carbocycles. The number of hydrogen-bond acceptors (Lipinski definition) is 2. The molecule has 0 radical (unpaired) electrons. The summed E-state index contributed by atoms with van der Waals surface area (Å²) >= 11 is 0. The Hall–Kier alpha value is -2.53. The van der Waals surface area contributed by atoms with Gasteiger partial charge in [-0.2, -0.15) is 0 Å². The molecule has 2 aromatic rings. The second kappa shape index (κ2) is 5.20. The summed E-state index contributed by atoms with van der Waals surface area (Å²) < 4.78 is 0. The molecule has 88 valence electrons. The molecule has 0 bridgehead atoms. The van der Waals surface area contributed by atoms with E-state index >= 15 is 0 Å². The SMILES string of the molecule is C#Cc1ccc(C(=O)c2ccc(NC)cc2)cc1. The average molecular weight is 235 g/mol. The highest BCUT2D eigenvalue weighted by molar-refractivity contribution is 6.09. The molecule has 0 aliphatic rings. The molecule has 1 N–H and O–H groups in total. The smallest absolute Gasteiger partial charge is 0.193 e. The van der Waals surface area contributed by atoms with E-state index in [4.69, 9.17) is 6.42 Å². The standard InChI is InChI=1S/C16H13NO/c1-3-12-4-6-13(7-5-12)16(18)14-8-10-15(17-2)11-9-14/h1,4-11,17H,2H3. The van der Waals surface area contributed by atoms with Crippen LogP contribution < -0.4 is 5.32 Å². The van der Waals surface area contributed by atoms with E-state index in [1.165, 1.54) is 0 Å². The minimum atomic E-state index is 0.00113. The molecule has 0 atom stereocenters. The molecule has 0 unspecified atom stereocenters. The van der Waals surface area contributed by atoms with Crippen LogP contribution in [0.1, 0.15) is 21.5 Å². The maximum atomic E-state index is 12.2. The first kappa shape index (κ1) is 11.9. The number of benzene rings is 2. The predicted octanol–water partition coefficient (Wildman–Crippen LogP) is 2.94. The summed E-state index contributed by atoms with van der Waals surface area (Å²) in [6.45, 7) is 0. The monoisotopic (exact) mass is 235 g/mol. The number of hydrogen-bond donors (Lipinski definition) is 1. The highest BCUT2D eigenvalue weighted by atomic mass is 16.1. The van der Waals surface area contributed by atoms with Crippen molar-refractivity contribution in [2.75, 3.05) is 12.4 Å². The Labute approximate surface area is 107 Å². The van der Waals surface area contributed by atoms with E-state index in [2.05, 4.69) is 11.2 Å². The molecule has 2 heteroatoms. The summed E-state index contributed by atoms with van der Waals surface area (Å²) in [5.74, 6) is 2.53. The molecule has 2 rings (SSSR count). The molecular weight excluding hydrogens is 222 g/mol. The normalized spacial score (nSPS) is 9.56. The molecule has 0 heterocycles. The van der Waals surface area contributed by atoms with E-state index in [0.717, 1.165) is 11.3 Å². The molecule has 2 nitrogen and oxygen atoms in total. The topological polar surface area (TPSA) is 29.1 Å². The minimum absolute atomic E-state index is 0.00113. The van der Waals surface area contributed by atoms with Crippen LogP contribution in [0.4, 0.5) is 5.69 Å². The first-order valence-electron chi connectivity index (χ1n) is 5.64. The van der Waals surface area contributed by atoms with Crippen molar-refractivity contribution in [1.82, 2.24) is 0 Å². The van der Waals surface area contributed by atoms with Crippen molar-refractivity contribution in [2.24, 2.45) is 0 Å². The van der Waals surface area contributed by atoms with Gasteiger partial charge in [0, 0.05) is 29.4 Å². The molecule has 0 aliphatic heterocycles. The fourth-order valence-electron chi connectivity index (χ4n) is 1.67. The molecule has 0 saturated carbocycles. The van der Waals surface area contributed by atoms with Gasteiger partial charge in [0.15, 0.2) is 5.78 Å². The highest BCUT2D eigenvalue weighted by Crippen LogP contribution is 2.14. The van der Waals surface area contributed by atoms with Crippen LogP contribution in [0.15, 0.2) is 48.5 Å². The van der Waals surface area contributed by atoms with Crippen molar-refractivity contribution >= 4 is 11.5 Å². The quantitative estimate of drug-likeness (QED) is 0.654. The Morgan fingerprint density at radius 1 is 1.00 bits per heavy atom. The molecular formula is C16H13NO. The number of rotatable bonds is 3. The average Bonchev–Trinajstić information content (AvgIpc) is 2.47. The lowest BCUT2D eigenvalue weighted by molar-refractivity contribution is 0.103. The molecule has 0 spiro atoms.